The first kappa shape index (κ1) is 22.8. The van der Waals surface area contributed by atoms with E-state index in [-0.39, 0.29) is 31.4 Å². The van der Waals surface area contributed by atoms with Crippen molar-refractivity contribution in [3.8, 4) is 0 Å². The van der Waals surface area contributed by atoms with Gasteiger partial charge in [-0.25, -0.2) is 9.78 Å². The quantitative estimate of drug-likeness (QED) is 0.575. The van der Waals surface area contributed by atoms with E-state index in [2.05, 4.69) is 32.3 Å². The smallest absolute Gasteiger partial charge is 0.319 e. The summed E-state index contributed by atoms with van der Waals surface area (Å²) in [4.78, 5) is 37.3. The molecule has 3 atom stereocenters. The van der Waals surface area contributed by atoms with Gasteiger partial charge in [-0.05, 0) is 45.4 Å². The molecule has 2 saturated heterocycles. The summed E-state index contributed by atoms with van der Waals surface area (Å²) >= 11 is 1.36. The van der Waals surface area contributed by atoms with Crippen molar-refractivity contribution in [3.63, 3.8) is 0 Å². The minimum Gasteiger partial charge on any atom is -0.319 e. The van der Waals surface area contributed by atoms with Crippen molar-refractivity contribution in [2.75, 3.05) is 25.0 Å². The Morgan fingerprint density at radius 1 is 1.18 bits per heavy atom. The van der Waals surface area contributed by atoms with Gasteiger partial charge in [0.25, 0.3) is 5.91 Å². The second-order valence-electron chi connectivity index (χ2n) is 9.28. The minimum atomic E-state index is -0.283. The van der Waals surface area contributed by atoms with E-state index < -0.39 is 0 Å². The monoisotopic (exact) mass is 481 g/mol. The van der Waals surface area contributed by atoms with Crippen LogP contribution in [0.15, 0.2) is 24.3 Å². The highest BCUT2D eigenvalue weighted by atomic mass is 32.1. The van der Waals surface area contributed by atoms with E-state index in [1.54, 1.807) is 0 Å². The predicted octanol–water partition coefficient (Wildman–Crippen LogP) is 4.07. The number of amides is 3. The first-order chi connectivity index (χ1) is 16.0. The molecular formula is C24H31N7O2S. The molecule has 34 heavy (non-hydrogen) atoms. The van der Waals surface area contributed by atoms with Crippen LogP contribution in [0.1, 0.15) is 61.2 Å². The van der Waals surface area contributed by atoms with Gasteiger partial charge in [0.2, 0.25) is 0 Å². The summed E-state index contributed by atoms with van der Waals surface area (Å²) in [6.07, 6.45) is 2.38. The standard InChI is InChI=1S/C23H27N7O2S.CH4/c1-13-10-28-9-5-6-15(28)11-29(13)23(32)30-12-16-19(14(30)2)26-27-20(16)25-21(31)22-24-17-7-3-4-8-18(17)33-22;/h3-4,7-8,13-15H,5-6,9-12H2,1-2H3,(H2,25,26,27,31);1H4/t13-,14?,15-;/m0./s1. The van der Waals surface area contributed by atoms with E-state index >= 15 is 0 Å². The highest BCUT2D eigenvalue weighted by molar-refractivity contribution is 7.20. The Morgan fingerprint density at radius 2 is 2.00 bits per heavy atom. The number of rotatable bonds is 2. The molecule has 1 unspecified atom stereocenters. The first-order valence-corrected chi connectivity index (χ1v) is 12.4. The van der Waals surface area contributed by atoms with Crippen LogP contribution in [0.2, 0.25) is 0 Å². The summed E-state index contributed by atoms with van der Waals surface area (Å²) in [5, 5.41) is 10.7. The van der Waals surface area contributed by atoms with Crippen molar-refractivity contribution in [1.82, 2.24) is 29.9 Å². The number of fused-ring (bicyclic) bond motifs is 3. The van der Waals surface area contributed by atoms with Crippen molar-refractivity contribution >= 4 is 39.3 Å². The van der Waals surface area contributed by atoms with Crippen LogP contribution in [0.5, 0.6) is 0 Å². The SMILES string of the molecule is C.CC1c2[nH]nc(NC(=O)c3nc4ccccc4s3)c2CN1C(=O)N1C[C@@H]2CCCN2C[C@@H]1C. The molecule has 9 nitrogen and oxygen atoms in total. The zero-order chi connectivity index (χ0) is 22.7. The van der Waals surface area contributed by atoms with Gasteiger partial charge in [0.05, 0.1) is 28.5 Å². The molecule has 180 valence electrons. The van der Waals surface area contributed by atoms with Gasteiger partial charge in [0.15, 0.2) is 10.8 Å². The van der Waals surface area contributed by atoms with Crippen LogP contribution in [0, 0.1) is 0 Å². The lowest BCUT2D eigenvalue weighted by Crippen LogP contribution is -2.59. The maximum Gasteiger partial charge on any atom is 0.321 e. The normalized spacial score (nSPS) is 24.1. The van der Waals surface area contributed by atoms with Crippen molar-refractivity contribution in [1.29, 1.82) is 0 Å². The van der Waals surface area contributed by atoms with Crippen LogP contribution in [0.25, 0.3) is 10.2 Å². The van der Waals surface area contributed by atoms with Gasteiger partial charge in [0, 0.05) is 30.7 Å². The number of hydrogen-bond donors (Lipinski definition) is 2. The number of aromatic amines is 1. The third-order valence-corrected chi connectivity index (χ3v) is 8.30. The molecule has 3 aromatic rings. The van der Waals surface area contributed by atoms with Crippen LogP contribution in [-0.4, -0.2) is 73.5 Å². The van der Waals surface area contributed by atoms with Gasteiger partial charge in [-0.3, -0.25) is 14.8 Å². The molecule has 10 heteroatoms. The number of H-pyrrole nitrogens is 1. The largest absolute Gasteiger partial charge is 0.321 e. The van der Waals surface area contributed by atoms with E-state index in [1.807, 2.05) is 41.0 Å². The van der Waals surface area contributed by atoms with Crippen molar-refractivity contribution in [2.24, 2.45) is 0 Å². The van der Waals surface area contributed by atoms with E-state index in [4.69, 9.17) is 0 Å². The molecule has 3 aliphatic rings. The molecule has 1 aromatic carbocycles. The van der Waals surface area contributed by atoms with Crippen molar-refractivity contribution < 1.29 is 9.59 Å². The predicted molar refractivity (Wildman–Crippen MR) is 133 cm³/mol. The Bertz CT molecular complexity index is 1200. The van der Waals surface area contributed by atoms with Crippen LogP contribution >= 0.6 is 11.3 Å². The highest BCUT2D eigenvalue weighted by Crippen LogP contribution is 2.37. The summed E-state index contributed by atoms with van der Waals surface area (Å²) in [5.41, 5.74) is 2.56. The van der Waals surface area contributed by atoms with Crippen LogP contribution in [0.3, 0.4) is 0 Å². The molecule has 0 saturated carbocycles. The van der Waals surface area contributed by atoms with Crippen molar-refractivity contribution in [3.05, 3.63) is 40.5 Å². The van der Waals surface area contributed by atoms with E-state index in [0.29, 0.717) is 23.4 Å². The average molecular weight is 482 g/mol. The Kier molecular flexibility index (Phi) is 5.81. The molecule has 0 spiro atoms. The number of urea groups is 1. The van der Waals surface area contributed by atoms with Gasteiger partial charge >= 0.3 is 6.03 Å². The van der Waals surface area contributed by atoms with Gasteiger partial charge in [-0.1, -0.05) is 19.6 Å². The summed E-state index contributed by atoms with van der Waals surface area (Å²) < 4.78 is 0.969. The summed E-state index contributed by atoms with van der Waals surface area (Å²) in [5.74, 6) is 0.193. The second-order valence-corrected chi connectivity index (χ2v) is 10.3. The Hall–Kier alpha value is -2.98. The Labute approximate surface area is 203 Å². The number of carbonyl (C=O) groups excluding carboxylic acids is 2. The number of carbonyl (C=O) groups is 2. The van der Waals surface area contributed by atoms with Crippen LogP contribution in [-0.2, 0) is 6.54 Å². The number of para-hydroxylation sites is 1. The number of aromatic nitrogens is 3. The fourth-order valence-electron chi connectivity index (χ4n) is 5.43. The molecular weight excluding hydrogens is 450 g/mol. The molecule has 0 aliphatic carbocycles. The first-order valence-electron chi connectivity index (χ1n) is 11.5. The molecule has 2 aromatic heterocycles. The molecule has 2 fully saturated rings. The van der Waals surface area contributed by atoms with Gasteiger partial charge < -0.3 is 15.1 Å². The summed E-state index contributed by atoms with van der Waals surface area (Å²) in [6, 6.07) is 8.30. The average Bonchev–Trinajstić information content (AvgIpc) is 3.57. The van der Waals surface area contributed by atoms with E-state index in [1.165, 1.54) is 17.8 Å². The molecule has 2 N–H and O–H groups in total. The fourth-order valence-corrected chi connectivity index (χ4v) is 6.29. The highest BCUT2D eigenvalue weighted by Gasteiger charge is 2.42. The second kappa shape index (κ2) is 8.66. The lowest BCUT2D eigenvalue weighted by atomic mass is 10.1. The zero-order valence-corrected chi connectivity index (χ0v) is 19.6. The van der Waals surface area contributed by atoms with Crippen molar-refractivity contribution in [2.45, 2.75) is 58.8 Å². The number of benzene rings is 1. The number of nitrogens with zero attached hydrogens (tertiary/aromatic N) is 5. The van der Waals surface area contributed by atoms with Crippen LogP contribution < -0.4 is 5.32 Å². The summed E-state index contributed by atoms with van der Waals surface area (Å²) in [6.45, 7) is 7.45. The third-order valence-electron chi connectivity index (χ3n) is 7.26. The van der Waals surface area contributed by atoms with E-state index in [9.17, 15) is 9.59 Å². The van der Waals surface area contributed by atoms with Gasteiger partial charge in [-0.15, -0.1) is 11.3 Å². The fraction of sp³-hybridized carbons (Fsp3) is 0.500. The molecule has 3 amide bonds. The number of anilines is 1. The topological polar surface area (TPSA) is 97.5 Å². The van der Waals surface area contributed by atoms with Crippen LogP contribution in [0.4, 0.5) is 10.6 Å². The Balaban J connectivity index is 0.00000241. The minimum absolute atomic E-state index is 0. The maximum atomic E-state index is 13.5. The molecule has 6 rings (SSSR count). The van der Waals surface area contributed by atoms with Gasteiger partial charge in [-0.2, -0.15) is 5.10 Å². The third kappa shape index (κ3) is 3.65. The lowest BCUT2D eigenvalue weighted by molar-refractivity contribution is 0.0580. The number of nitrogens with one attached hydrogen (secondary N) is 2. The summed E-state index contributed by atoms with van der Waals surface area (Å²) in [7, 11) is 0. The van der Waals surface area contributed by atoms with E-state index in [0.717, 1.165) is 47.5 Å². The molecule has 0 radical (unpaired) electrons. The van der Waals surface area contributed by atoms with Gasteiger partial charge in [0.1, 0.15) is 0 Å². The molecule has 3 aliphatic heterocycles. The zero-order valence-electron chi connectivity index (χ0n) is 18.7. The number of thiazole rings is 1. The number of piperazine rings is 1. The number of hydrogen-bond acceptors (Lipinski definition) is 6. The Morgan fingerprint density at radius 3 is 2.82 bits per heavy atom. The maximum absolute atomic E-state index is 13.5. The molecule has 5 heterocycles. The molecule has 0 bridgehead atoms. The lowest BCUT2D eigenvalue weighted by Gasteiger charge is -2.44.